The molecule has 1 aromatic heterocycles. The molecular formula is C12H16N2O5S2. The monoisotopic (exact) mass is 332 g/mol. The van der Waals surface area contributed by atoms with Gasteiger partial charge in [0.1, 0.15) is 0 Å². The van der Waals surface area contributed by atoms with Crippen LogP contribution in [0, 0.1) is 11.8 Å². The van der Waals surface area contributed by atoms with Crippen LogP contribution in [-0.4, -0.2) is 43.9 Å². The summed E-state index contributed by atoms with van der Waals surface area (Å²) in [7, 11) is -2.29. The van der Waals surface area contributed by atoms with Crippen molar-refractivity contribution in [1.82, 2.24) is 4.98 Å². The predicted molar refractivity (Wildman–Crippen MR) is 79.4 cm³/mol. The topological polar surface area (TPSA) is 106 Å². The number of aliphatic hydroxyl groups is 1. The van der Waals surface area contributed by atoms with Gasteiger partial charge in [-0.3, -0.25) is 9.52 Å². The van der Waals surface area contributed by atoms with Gasteiger partial charge in [-0.05, 0) is 6.42 Å². The van der Waals surface area contributed by atoms with Crippen LogP contribution in [-0.2, 0) is 19.6 Å². The van der Waals surface area contributed by atoms with Crippen LogP contribution in [0.2, 0.25) is 0 Å². The van der Waals surface area contributed by atoms with Crippen molar-refractivity contribution in [3.63, 3.8) is 0 Å². The highest BCUT2D eigenvalue weighted by atomic mass is 32.2. The average molecular weight is 332 g/mol. The van der Waals surface area contributed by atoms with Gasteiger partial charge in [-0.1, -0.05) is 23.2 Å². The summed E-state index contributed by atoms with van der Waals surface area (Å²) >= 11 is 1.11. The maximum atomic E-state index is 11.8. The molecule has 2 N–H and O–H groups in total. The number of anilines is 1. The molecule has 0 saturated heterocycles. The second-order valence-electron chi connectivity index (χ2n) is 3.91. The zero-order valence-corrected chi connectivity index (χ0v) is 13.1. The van der Waals surface area contributed by atoms with Crippen molar-refractivity contribution in [1.29, 1.82) is 0 Å². The number of carbonyl (C=O) groups is 1. The van der Waals surface area contributed by atoms with Crippen LogP contribution < -0.4 is 4.72 Å². The smallest absolute Gasteiger partial charge is 0.305 e. The summed E-state index contributed by atoms with van der Waals surface area (Å²) < 4.78 is 30.3. The summed E-state index contributed by atoms with van der Waals surface area (Å²) in [5.41, 5.74) is 0. The molecule has 1 rings (SSSR count). The summed E-state index contributed by atoms with van der Waals surface area (Å²) in [4.78, 5) is 15.4. The quantitative estimate of drug-likeness (QED) is 0.559. The first-order valence-corrected chi connectivity index (χ1v) is 8.56. The van der Waals surface area contributed by atoms with E-state index in [0.29, 0.717) is 11.3 Å². The van der Waals surface area contributed by atoms with E-state index in [0.717, 1.165) is 11.3 Å². The summed E-state index contributed by atoms with van der Waals surface area (Å²) in [6, 6.07) is 0. The maximum Gasteiger partial charge on any atom is 0.305 e. The molecule has 0 aliphatic rings. The first-order chi connectivity index (χ1) is 9.96. The molecule has 0 fully saturated rings. The van der Waals surface area contributed by atoms with Gasteiger partial charge in [-0.25, -0.2) is 13.4 Å². The minimum Gasteiger partial charge on any atom is -0.469 e. The second kappa shape index (κ2) is 8.61. The number of sulfonamides is 1. The SMILES string of the molecule is COC(=O)CCCS(=O)(=O)Nc1ncc(C#CCCO)s1. The Morgan fingerprint density at radius 2 is 2.33 bits per heavy atom. The highest BCUT2D eigenvalue weighted by molar-refractivity contribution is 7.92. The lowest BCUT2D eigenvalue weighted by Gasteiger charge is -2.04. The van der Waals surface area contributed by atoms with Crippen LogP contribution in [0.25, 0.3) is 0 Å². The lowest BCUT2D eigenvalue weighted by atomic mass is 10.3. The second-order valence-corrected chi connectivity index (χ2v) is 6.78. The molecule has 0 spiro atoms. The van der Waals surface area contributed by atoms with Gasteiger partial charge in [-0.2, -0.15) is 0 Å². The normalized spacial score (nSPS) is 10.6. The number of ether oxygens (including phenoxy) is 1. The van der Waals surface area contributed by atoms with Crippen LogP contribution in [0.15, 0.2) is 6.20 Å². The Kier molecular flexibility index (Phi) is 7.14. The molecule has 0 atom stereocenters. The van der Waals surface area contributed by atoms with E-state index in [1.54, 1.807) is 0 Å². The number of carbonyl (C=O) groups excluding carboxylic acids is 1. The minimum atomic E-state index is -3.55. The van der Waals surface area contributed by atoms with Gasteiger partial charge >= 0.3 is 5.97 Å². The summed E-state index contributed by atoms with van der Waals surface area (Å²) in [6.07, 6.45) is 2.04. The molecule has 0 amide bonds. The average Bonchev–Trinajstić information content (AvgIpc) is 2.85. The van der Waals surface area contributed by atoms with Crippen LogP contribution in [0.1, 0.15) is 24.1 Å². The molecule has 0 aromatic carbocycles. The molecule has 0 aliphatic carbocycles. The molecule has 7 nitrogen and oxygen atoms in total. The summed E-state index contributed by atoms with van der Waals surface area (Å²) in [5.74, 6) is 4.86. The van der Waals surface area contributed by atoms with E-state index in [4.69, 9.17) is 5.11 Å². The van der Waals surface area contributed by atoms with Gasteiger partial charge < -0.3 is 9.84 Å². The Hall–Kier alpha value is -1.63. The van der Waals surface area contributed by atoms with E-state index in [2.05, 4.69) is 26.3 Å². The molecule has 21 heavy (non-hydrogen) atoms. The fraction of sp³-hybridized carbons (Fsp3) is 0.500. The van der Waals surface area contributed by atoms with Gasteiger partial charge in [0.05, 0.1) is 30.5 Å². The minimum absolute atomic E-state index is 0.0223. The van der Waals surface area contributed by atoms with Gasteiger partial charge in [-0.15, -0.1) is 0 Å². The number of nitrogens with one attached hydrogen (secondary N) is 1. The summed E-state index contributed by atoms with van der Waals surface area (Å²) in [5, 5.41) is 8.83. The molecule has 0 radical (unpaired) electrons. The molecule has 1 aromatic rings. The Labute approximate surface area is 127 Å². The highest BCUT2D eigenvalue weighted by Gasteiger charge is 2.13. The van der Waals surface area contributed by atoms with Gasteiger partial charge in [0, 0.05) is 12.8 Å². The van der Waals surface area contributed by atoms with E-state index in [-0.39, 0.29) is 30.3 Å². The van der Waals surface area contributed by atoms with Crippen molar-refractivity contribution in [2.45, 2.75) is 19.3 Å². The maximum absolute atomic E-state index is 11.8. The largest absolute Gasteiger partial charge is 0.469 e. The van der Waals surface area contributed by atoms with Crippen molar-refractivity contribution < 1.29 is 23.1 Å². The number of aromatic nitrogens is 1. The lowest BCUT2D eigenvalue weighted by Crippen LogP contribution is -2.17. The molecular weight excluding hydrogens is 316 g/mol. The first kappa shape index (κ1) is 17.4. The van der Waals surface area contributed by atoms with Crippen molar-refractivity contribution in [3.8, 4) is 11.8 Å². The van der Waals surface area contributed by atoms with Crippen molar-refractivity contribution in [2.75, 3.05) is 24.2 Å². The van der Waals surface area contributed by atoms with E-state index < -0.39 is 16.0 Å². The standard InChI is InChI=1S/C12H16N2O5S2/c1-19-11(16)6-4-8-21(17,18)14-12-13-9-10(20-12)5-2-3-7-15/h9,15H,3-4,6-8H2,1H3,(H,13,14). The Bertz CT molecular complexity index is 628. The molecule has 9 heteroatoms. The molecule has 0 aliphatic heterocycles. The van der Waals surface area contributed by atoms with Crippen molar-refractivity contribution >= 4 is 32.5 Å². The van der Waals surface area contributed by atoms with Crippen LogP contribution >= 0.6 is 11.3 Å². The number of aliphatic hydroxyl groups excluding tert-OH is 1. The molecule has 1 heterocycles. The third-order valence-corrected chi connectivity index (χ3v) is 4.51. The zero-order valence-electron chi connectivity index (χ0n) is 11.5. The van der Waals surface area contributed by atoms with Crippen molar-refractivity contribution in [3.05, 3.63) is 11.1 Å². The van der Waals surface area contributed by atoms with Crippen LogP contribution in [0.3, 0.4) is 0 Å². The lowest BCUT2D eigenvalue weighted by molar-refractivity contribution is -0.140. The summed E-state index contributed by atoms with van der Waals surface area (Å²) in [6.45, 7) is -0.0223. The Morgan fingerprint density at radius 3 is 3.00 bits per heavy atom. The molecule has 0 saturated carbocycles. The number of nitrogens with zero attached hydrogens (tertiary/aromatic N) is 1. The van der Waals surface area contributed by atoms with Crippen LogP contribution in [0.5, 0.6) is 0 Å². The fourth-order valence-electron chi connectivity index (χ4n) is 1.28. The van der Waals surface area contributed by atoms with Gasteiger partial charge in [0.25, 0.3) is 0 Å². The zero-order chi connectivity index (χ0) is 15.7. The van der Waals surface area contributed by atoms with E-state index in [1.807, 2.05) is 0 Å². The highest BCUT2D eigenvalue weighted by Crippen LogP contribution is 2.18. The third-order valence-electron chi connectivity index (χ3n) is 2.22. The number of thiazole rings is 1. The molecule has 116 valence electrons. The van der Waals surface area contributed by atoms with Gasteiger partial charge in [0.2, 0.25) is 10.0 Å². The van der Waals surface area contributed by atoms with Gasteiger partial charge in [0.15, 0.2) is 5.13 Å². The molecule has 0 unspecified atom stereocenters. The number of methoxy groups -OCH3 is 1. The molecule has 0 bridgehead atoms. The number of rotatable bonds is 7. The Balaban J connectivity index is 2.52. The van der Waals surface area contributed by atoms with Crippen molar-refractivity contribution in [2.24, 2.45) is 0 Å². The Morgan fingerprint density at radius 1 is 1.57 bits per heavy atom. The van der Waals surface area contributed by atoms with E-state index >= 15 is 0 Å². The fourth-order valence-corrected chi connectivity index (χ4v) is 3.31. The van der Waals surface area contributed by atoms with Crippen LogP contribution in [0.4, 0.5) is 5.13 Å². The number of hydrogen-bond acceptors (Lipinski definition) is 7. The number of hydrogen-bond donors (Lipinski definition) is 2. The first-order valence-electron chi connectivity index (χ1n) is 6.09. The third kappa shape index (κ3) is 7.08. The number of esters is 1. The van der Waals surface area contributed by atoms with E-state index in [9.17, 15) is 13.2 Å². The van der Waals surface area contributed by atoms with E-state index in [1.165, 1.54) is 13.3 Å². The predicted octanol–water partition coefficient (Wildman–Crippen LogP) is 0.572.